The molecule has 15 heavy (non-hydrogen) atoms. The molecule has 1 atom stereocenters. The fourth-order valence-electron chi connectivity index (χ4n) is 1.59. The van der Waals surface area contributed by atoms with E-state index in [1.807, 2.05) is 30.3 Å². The lowest BCUT2D eigenvalue weighted by molar-refractivity contribution is -0.162. The molecule has 1 aromatic rings. The van der Waals surface area contributed by atoms with E-state index in [-0.39, 0.29) is 0 Å². The third kappa shape index (κ3) is 1.83. The molecule has 0 saturated carbocycles. The van der Waals surface area contributed by atoms with Gasteiger partial charge in [-0.15, -0.1) is 0 Å². The first kappa shape index (κ1) is 9.71. The van der Waals surface area contributed by atoms with Crippen molar-refractivity contribution in [2.75, 3.05) is 0 Å². The molecule has 0 fully saturated rings. The molecule has 0 bridgehead atoms. The third-order valence-electron chi connectivity index (χ3n) is 2.45. The zero-order valence-electron chi connectivity index (χ0n) is 8.09. The molecule has 4 heteroatoms. The van der Waals surface area contributed by atoms with E-state index < -0.39 is 11.6 Å². The second kappa shape index (κ2) is 3.73. The molecule has 0 aliphatic carbocycles. The highest BCUT2D eigenvalue weighted by Gasteiger charge is 2.43. The lowest BCUT2D eigenvalue weighted by atomic mass is 9.92. The predicted octanol–water partition coefficient (Wildman–Crippen LogP) is 1.46. The molecule has 0 radical (unpaired) electrons. The maximum atomic E-state index is 11.1. The molecular formula is C11H11NO3. The van der Waals surface area contributed by atoms with Gasteiger partial charge < -0.3 is 9.94 Å². The van der Waals surface area contributed by atoms with Crippen molar-refractivity contribution in [2.24, 2.45) is 5.16 Å². The second-order valence-corrected chi connectivity index (χ2v) is 3.55. The highest BCUT2D eigenvalue weighted by atomic mass is 16.7. The van der Waals surface area contributed by atoms with Gasteiger partial charge in [0.1, 0.15) is 0 Å². The van der Waals surface area contributed by atoms with E-state index in [9.17, 15) is 4.79 Å². The molecule has 0 amide bonds. The number of aliphatic carboxylic acids is 1. The smallest absolute Gasteiger partial charge is 0.351 e. The Morgan fingerprint density at radius 2 is 2.20 bits per heavy atom. The summed E-state index contributed by atoms with van der Waals surface area (Å²) < 4.78 is 0. The maximum Gasteiger partial charge on any atom is 0.351 e. The lowest BCUT2D eigenvalue weighted by Crippen LogP contribution is -2.40. The topological polar surface area (TPSA) is 58.9 Å². The molecule has 78 valence electrons. The molecule has 1 heterocycles. The van der Waals surface area contributed by atoms with Gasteiger partial charge in [-0.05, 0) is 5.56 Å². The highest BCUT2D eigenvalue weighted by molar-refractivity contribution is 5.83. The first-order valence-electron chi connectivity index (χ1n) is 4.70. The van der Waals surface area contributed by atoms with E-state index >= 15 is 0 Å². The van der Waals surface area contributed by atoms with Gasteiger partial charge in [-0.2, -0.15) is 0 Å². The van der Waals surface area contributed by atoms with Crippen molar-refractivity contribution < 1.29 is 14.7 Å². The van der Waals surface area contributed by atoms with Crippen molar-refractivity contribution >= 4 is 12.2 Å². The van der Waals surface area contributed by atoms with Gasteiger partial charge in [0.25, 0.3) is 0 Å². The first-order valence-corrected chi connectivity index (χ1v) is 4.70. The molecule has 0 saturated heterocycles. The van der Waals surface area contributed by atoms with Crippen LogP contribution in [0, 0.1) is 0 Å². The van der Waals surface area contributed by atoms with Crippen LogP contribution in [0.4, 0.5) is 0 Å². The second-order valence-electron chi connectivity index (χ2n) is 3.55. The molecule has 1 unspecified atom stereocenters. The zero-order chi connectivity index (χ0) is 10.7. The van der Waals surface area contributed by atoms with Crippen LogP contribution in [0.15, 0.2) is 35.5 Å². The fourth-order valence-corrected chi connectivity index (χ4v) is 1.59. The van der Waals surface area contributed by atoms with Crippen LogP contribution in [-0.4, -0.2) is 22.9 Å². The molecular weight excluding hydrogens is 194 g/mol. The van der Waals surface area contributed by atoms with Crippen LogP contribution in [0.2, 0.25) is 0 Å². The molecule has 1 N–H and O–H groups in total. The maximum absolute atomic E-state index is 11.1. The Morgan fingerprint density at radius 1 is 1.47 bits per heavy atom. The SMILES string of the molecule is O=C(O)C1(Cc2ccccc2)CC=NO1. The number of benzene rings is 1. The predicted molar refractivity (Wildman–Crippen MR) is 54.7 cm³/mol. The standard InChI is InChI=1S/C11H11NO3/c13-10(14)11(6-7-12-15-11)8-9-4-2-1-3-5-9/h1-5,7H,6,8H2,(H,13,14). The zero-order valence-corrected chi connectivity index (χ0v) is 8.09. The van der Waals surface area contributed by atoms with Crippen molar-refractivity contribution in [2.45, 2.75) is 18.4 Å². The minimum atomic E-state index is -1.21. The number of oxime groups is 1. The third-order valence-corrected chi connectivity index (χ3v) is 2.45. The Balaban J connectivity index is 2.19. The summed E-state index contributed by atoms with van der Waals surface area (Å²) in [7, 11) is 0. The summed E-state index contributed by atoms with van der Waals surface area (Å²) in [5, 5.41) is 12.7. The van der Waals surface area contributed by atoms with E-state index in [2.05, 4.69) is 5.16 Å². The largest absolute Gasteiger partial charge is 0.478 e. The molecule has 0 spiro atoms. The van der Waals surface area contributed by atoms with Crippen LogP contribution in [0.3, 0.4) is 0 Å². The molecule has 1 aliphatic heterocycles. The average Bonchev–Trinajstić information content (AvgIpc) is 2.69. The van der Waals surface area contributed by atoms with Crippen LogP contribution in [0.25, 0.3) is 0 Å². The van der Waals surface area contributed by atoms with Crippen LogP contribution < -0.4 is 0 Å². The van der Waals surface area contributed by atoms with Crippen LogP contribution in [0.1, 0.15) is 12.0 Å². The van der Waals surface area contributed by atoms with Gasteiger partial charge in [-0.1, -0.05) is 35.5 Å². The minimum Gasteiger partial charge on any atom is -0.478 e. The average molecular weight is 205 g/mol. The van der Waals surface area contributed by atoms with E-state index in [1.54, 1.807) is 0 Å². The fraction of sp³-hybridized carbons (Fsp3) is 0.273. The van der Waals surface area contributed by atoms with E-state index in [0.29, 0.717) is 12.8 Å². The summed E-state index contributed by atoms with van der Waals surface area (Å²) in [6.07, 6.45) is 2.15. The van der Waals surface area contributed by atoms with Gasteiger partial charge >= 0.3 is 5.97 Å². The quantitative estimate of drug-likeness (QED) is 0.812. The number of carbonyl (C=O) groups is 1. The summed E-state index contributed by atoms with van der Waals surface area (Å²) >= 11 is 0. The lowest BCUT2D eigenvalue weighted by Gasteiger charge is -2.21. The molecule has 1 aliphatic rings. The highest BCUT2D eigenvalue weighted by Crippen LogP contribution is 2.25. The van der Waals surface area contributed by atoms with Gasteiger partial charge in [0.05, 0.1) is 0 Å². The van der Waals surface area contributed by atoms with Crippen molar-refractivity contribution in [3.05, 3.63) is 35.9 Å². The van der Waals surface area contributed by atoms with E-state index in [1.165, 1.54) is 6.21 Å². The van der Waals surface area contributed by atoms with E-state index in [4.69, 9.17) is 9.94 Å². The molecule has 2 rings (SSSR count). The Kier molecular flexibility index (Phi) is 2.41. The van der Waals surface area contributed by atoms with Crippen LogP contribution in [-0.2, 0) is 16.1 Å². The number of hydrogen-bond acceptors (Lipinski definition) is 3. The van der Waals surface area contributed by atoms with Gasteiger partial charge in [-0.3, -0.25) is 0 Å². The number of carboxylic acids is 1. The van der Waals surface area contributed by atoms with Crippen LogP contribution in [0.5, 0.6) is 0 Å². The number of carboxylic acid groups (broad SMARTS) is 1. The molecule has 4 nitrogen and oxygen atoms in total. The number of hydrogen-bond donors (Lipinski definition) is 1. The Morgan fingerprint density at radius 3 is 2.73 bits per heavy atom. The van der Waals surface area contributed by atoms with Crippen molar-refractivity contribution in [1.82, 2.24) is 0 Å². The van der Waals surface area contributed by atoms with Gasteiger partial charge in [-0.25, -0.2) is 4.79 Å². The summed E-state index contributed by atoms with van der Waals surface area (Å²) in [6.45, 7) is 0. The Hall–Kier alpha value is -1.84. The van der Waals surface area contributed by atoms with Crippen molar-refractivity contribution in [1.29, 1.82) is 0 Å². The number of nitrogens with zero attached hydrogens (tertiary/aromatic N) is 1. The first-order chi connectivity index (χ1) is 7.23. The minimum absolute atomic E-state index is 0.317. The normalized spacial score (nSPS) is 23.7. The Labute approximate surface area is 87.2 Å². The Bertz CT molecular complexity index is 378. The van der Waals surface area contributed by atoms with Gasteiger partial charge in [0.15, 0.2) is 0 Å². The molecule has 0 aromatic heterocycles. The summed E-state index contributed by atoms with van der Waals surface area (Å²) in [6, 6.07) is 9.41. The summed E-state index contributed by atoms with van der Waals surface area (Å²) in [4.78, 5) is 16.1. The van der Waals surface area contributed by atoms with E-state index in [0.717, 1.165) is 5.56 Å². The molecule has 1 aromatic carbocycles. The van der Waals surface area contributed by atoms with Gasteiger partial charge in [0.2, 0.25) is 5.60 Å². The monoisotopic (exact) mass is 205 g/mol. The number of rotatable bonds is 3. The van der Waals surface area contributed by atoms with Crippen molar-refractivity contribution in [3.63, 3.8) is 0 Å². The van der Waals surface area contributed by atoms with Crippen LogP contribution >= 0.6 is 0 Å². The summed E-state index contributed by atoms with van der Waals surface area (Å²) in [5.41, 5.74) is -0.271. The van der Waals surface area contributed by atoms with Gasteiger partial charge in [0, 0.05) is 19.1 Å². The summed E-state index contributed by atoms with van der Waals surface area (Å²) in [5.74, 6) is -0.969. The van der Waals surface area contributed by atoms with Crippen molar-refractivity contribution in [3.8, 4) is 0 Å².